The second-order valence-electron chi connectivity index (χ2n) is 6.28. The summed E-state index contributed by atoms with van der Waals surface area (Å²) in [5.41, 5.74) is 2.02. The number of halogens is 1. The van der Waals surface area contributed by atoms with Gasteiger partial charge in [-0.05, 0) is 48.4 Å². The van der Waals surface area contributed by atoms with Gasteiger partial charge in [0.25, 0.3) is 5.91 Å². The fourth-order valence-electron chi connectivity index (χ4n) is 2.67. The third-order valence-corrected chi connectivity index (χ3v) is 4.42. The van der Waals surface area contributed by atoms with Gasteiger partial charge >= 0.3 is 5.97 Å². The molecule has 0 unspecified atom stereocenters. The highest BCUT2D eigenvalue weighted by Crippen LogP contribution is 2.17. The zero-order chi connectivity index (χ0) is 20.5. The average Bonchev–Trinajstić information content (AvgIpc) is 3.26. The third-order valence-electron chi connectivity index (χ3n) is 4.16. The Morgan fingerprint density at radius 1 is 1.00 bits per heavy atom. The molecular weight excluding hydrogens is 392 g/mol. The Morgan fingerprint density at radius 3 is 2.55 bits per heavy atom. The van der Waals surface area contributed by atoms with Crippen molar-refractivity contribution in [2.45, 2.75) is 13.0 Å². The minimum Gasteiger partial charge on any atom is -0.467 e. The van der Waals surface area contributed by atoms with E-state index in [2.05, 4.69) is 10.6 Å². The van der Waals surface area contributed by atoms with Gasteiger partial charge in [-0.2, -0.15) is 0 Å². The topological polar surface area (TPSA) is 80.6 Å². The summed E-state index contributed by atoms with van der Waals surface area (Å²) >= 11 is 5.85. The van der Waals surface area contributed by atoms with E-state index in [1.165, 1.54) is 0 Å². The molecule has 0 aliphatic heterocycles. The van der Waals surface area contributed by atoms with Gasteiger partial charge in [-0.15, -0.1) is 0 Å². The smallest absolute Gasteiger partial charge is 0.340 e. The van der Waals surface area contributed by atoms with E-state index in [9.17, 15) is 9.59 Å². The van der Waals surface area contributed by atoms with Gasteiger partial charge in [-0.25, -0.2) is 4.79 Å². The molecule has 0 saturated carbocycles. The van der Waals surface area contributed by atoms with Crippen molar-refractivity contribution in [2.24, 2.45) is 0 Å². The van der Waals surface area contributed by atoms with Gasteiger partial charge in [0.2, 0.25) is 0 Å². The Kier molecular flexibility index (Phi) is 7.30. The Morgan fingerprint density at radius 2 is 1.79 bits per heavy atom. The molecule has 0 fully saturated rings. The van der Waals surface area contributed by atoms with E-state index in [4.69, 9.17) is 20.8 Å². The second kappa shape index (κ2) is 10.3. The summed E-state index contributed by atoms with van der Waals surface area (Å²) in [6.45, 7) is 0.535. The summed E-state index contributed by atoms with van der Waals surface area (Å²) in [5, 5.41) is 6.54. The van der Waals surface area contributed by atoms with Crippen LogP contribution in [0, 0.1) is 0 Å². The monoisotopic (exact) mass is 412 g/mol. The van der Waals surface area contributed by atoms with Crippen molar-refractivity contribution in [1.82, 2.24) is 5.32 Å². The summed E-state index contributed by atoms with van der Waals surface area (Å²) in [6.07, 6.45) is 2.25. The zero-order valence-electron chi connectivity index (χ0n) is 15.7. The number of ether oxygens (including phenoxy) is 1. The maximum absolute atomic E-state index is 12.4. The van der Waals surface area contributed by atoms with Crippen LogP contribution >= 0.6 is 11.6 Å². The van der Waals surface area contributed by atoms with Crippen LogP contribution in [0.2, 0.25) is 5.02 Å². The van der Waals surface area contributed by atoms with Crippen molar-refractivity contribution in [3.05, 3.63) is 88.8 Å². The van der Waals surface area contributed by atoms with Crippen LogP contribution in [0.4, 0.5) is 5.69 Å². The molecule has 0 aliphatic rings. The molecule has 29 heavy (non-hydrogen) atoms. The molecule has 0 spiro atoms. The molecule has 3 aromatic rings. The van der Waals surface area contributed by atoms with Crippen molar-refractivity contribution >= 4 is 29.2 Å². The summed E-state index contributed by atoms with van der Waals surface area (Å²) in [7, 11) is 0. The van der Waals surface area contributed by atoms with Crippen LogP contribution in [0.1, 0.15) is 21.7 Å². The fraction of sp³-hybridized carbons (Fsp3) is 0.182. The van der Waals surface area contributed by atoms with E-state index < -0.39 is 5.97 Å². The first-order valence-electron chi connectivity index (χ1n) is 9.15. The lowest BCUT2D eigenvalue weighted by molar-refractivity contribution is -0.124. The van der Waals surface area contributed by atoms with Crippen LogP contribution in [0.15, 0.2) is 71.3 Å². The van der Waals surface area contributed by atoms with Gasteiger partial charge in [0.05, 0.1) is 18.4 Å². The molecule has 150 valence electrons. The van der Waals surface area contributed by atoms with Crippen molar-refractivity contribution in [1.29, 1.82) is 0 Å². The molecule has 1 amide bonds. The third kappa shape index (κ3) is 6.40. The van der Waals surface area contributed by atoms with E-state index in [1.807, 2.05) is 24.3 Å². The van der Waals surface area contributed by atoms with Crippen molar-refractivity contribution < 1.29 is 18.7 Å². The standard InChI is InChI=1S/C22H21ClN2O4/c23-17-9-7-16(8-10-17)11-12-24-21(26)15-29-22(27)19-5-1-2-6-20(19)25-14-18-4-3-13-28-18/h1-10,13,25H,11-12,14-15H2,(H,24,26). The molecule has 3 rings (SSSR count). The Labute approximate surface area is 173 Å². The predicted molar refractivity (Wildman–Crippen MR) is 111 cm³/mol. The Hall–Kier alpha value is -3.25. The van der Waals surface area contributed by atoms with Crippen LogP contribution in [0.25, 0.3) is 0 Å². The average molecular weight is 413 g/mol. The number of carbonyl (C=O) groups excluding carboxylic acids is 2. The maximum atomic E-state index is 12.4. The largest absolute Gasteiger partial charge is 0.467 e. The molecule has 0 saturated heterocycles. The van der Waals surface area contributed by atoms with Crippen molar-refractivity contribution in [3.63, 3.8) is 0 Å². The first-order valence-corrected chi connectivity index (χ1v) is 9.53. The Bertz CT molecular complexity index is 940. The normalized spacial score (nSPS) is 10.4. The molecule has 0 atom stereocenters. The van der Waals surface area contributed by atoms with Crippen LogP contribution in [-0.2, 0) is 22.5 Å². The van der Waals surface area contributed by atoms with E-state index >= 15 is 0 Å². The van der Waals surface area contributed by atoms with Crippen LogP contribution < -0.4 is 10.6 Å². The van der Waals surface area contributed by atoms with E-state index in [-0.39, 0.29) is 12.5 Å². The number of para-hydroxylation sites is 1. The number of hydrogen-bond acceptors (Lipinski definition) is 5. The Balaban J connectivity index is 1.45. The SMILES string of the molecule is O=C(COC(=O)c1ccccc1NCc1ccco1)NCCc1ccc(Cl)cc1. The molecule has 0 radical (unpaired) electrons. The van der Waals surface area contributed by atoms with Gasteiger partial charge in [0, 0.05) is 17.3 Å². The molecule has 7 heteroatoms. The number of hydrogen-bond donors (Lipinski definition) is 2. The highest BCUT2D eigenvalue weighted by molar-refractivity contribution is 6.30. The summed E-state index contributed by atoms with van der Waals surface area (Å²) in [5.74, 6) is -0.179. The number of rotatable bonds is 9. The maximum Gasteiger partial charge on any atom is 0.340 e. The van der Waals surface area contributed by atoms with Crippen LogP contribution in [-0.4, -0.2) is 25.0 Å². The molecule has 1 aromatic heterocycles. The molecular formula is C22H21ClN2O4. The quantitative estimate of drug-likeness (QED) is 0.518. The molecule has 2 aromatic carbocycles. The zero-order valence-corrected chi connectivity index (χ0v) is 16.4. The second-order valence-corrected chi connectivity index (χ2v) is 6.72. The number of amides is 1. The number of anilines is 1. The van der Waals surface area contributed by atoms with Gasteiger partial charge in [0.1, 0.15) is 5.76 Å². The molecule has 0 aliphatic carbocycles. The van der Waals surface area contributed by atoms with Gasteiger partial charge < -0.3 is 19.8 Å². The van der Waals surface area contributed by atoms with E-state index in [0.29, 0.717) is 35.8 Å². The molecule has 2 N–H and O–H groups in total. The predicted octanol–water partition coefficient (Wildman–Crippen LogP) is 4.06. The minimum absolute atomic E-state index is 0.341. The highest BCUT2D eigenvalue weighted by Gasteiger charge is 2.14. The number of nitrogens with one attached hydrogen (secondary N) is 2. The minimum atomic E-state index is -0.569. The highest BCUT2D eigenvalue weighted by atomic mass is 35.5. The molecule has 1 heterocycles. The lowest BCUT2D eigenvalue weighted by Crippen LogP contribution is -2.30. The van der Waals surface area contributed by atoms with Crippen molar-refractivity contribution in [2.75, 3.05) is 18.5 Å². The lowest BCUT2D eigenvalue weighted by atomic mass is 10.1. The number of benzene rings is 2. The fourth-order valence-corrected chi connectivity index (χ4v) is 2.79. The van der Waals surface area contributed by atoms with Crippen LogP contribution in [0.5, 0.6) is 0 Å². The number of esters is 1. The molecule has 0 bridgehead atoms. The number of carbonyl (C=O) groups is 2. The number of furan rings is 1. The van der Waals surface area contributed by atoms with E-state index in [0.717, 1.165) is 11.3 Å². The van der Waals surface area contributed by atoms with Crippen LogP contribution in [0.3, 0.4) is 0 Å². The molecule has 6 nitrogen and oxygen atoms in total. The first-order chi connectivity index (χ1) is 14.1. The van der Waals surface area contributed by atoms with Gasteiger partial charge in [-0.3, -0.25) is 4.79 Å². The summed E-state index contributed by atoms with van der Waals surface area (Å²) in [4.78, 5) is 24.3. The summed E-state index contributed by atoms with van der Waals surface area (Å²) < 4.78 is 10.4. The lowest BCUT2D eigenvalue weighted by Gasteiger charge is -2.11. The van der Waals surface area contributed by atoms with Gasteiger partial charge in [0.15, 0.2) is 6.61 Å². The van der Waals surface area contributed by atoms with Gasteiger partial charge in [-0.1, -0.05) is 35.9 Å². The first kappa shape index (κ1) is 20.5. The van der Waals surface area contributed by atoms with E-state index in [1.54, 1.807) is 42.7 Å². The summed E-state index contributed by atoms with van der Waals surface area (Å²) in [6, 6.07) is 18.0. The van der Waals surface area contributed by atoms with Crippen molar-refractivity contribution in [3.8, 4) is 0 Å².